The fourth-order valence-electron chi connectivity index (χ4n) is 0.929. The quantitative estimate of drug-likeness (QED) is 0.573. The van der Waals surface area contributed by atoms with E-state index in [1.165, 1.54) is 17.3 Å². The Labute approximate surface area is 77.8 Å². The molecule has 0 aliphatic carbocycles. The van der Waals surface area contributed by atoms with Crippen LogP contribution in [-0.2, 0) is 0 Å². The lowest BCUT2D eigenvalue weighted by Gasteiger charge is -2.06. The molecule has 2 heteroatoms. The normalized spacial score (nSPS) is 12.9. The third-order valence-corrected chi connectivity index (χ3v) is 2.74. The number of aryl methyl sites for hydroxylation is 1. The number of benzene rings is 1. The average molecular weight is 182 g/mol. The molecule has 0 spiro atoms. The zero-order valence-corrected chi connectivity index (χ0v) is 8.27. The number of rotatable bonds is 3. The Morgan fingerprint density at radius 1 is 1.50 bits per heavy atom. The molecule has 0 amide bonds. The van der Waals surface area contributed by atoms with Crippen molar-refractivity contribution in [3.05, 3.63) is 29.8 Å². The molecule has 0 aliphatic heterocycles. The summed E-state index contributed by atoms with van der Waals surface area (Å²) in [5.74, 6) is 0. The molecule has 1 aromatic carbocycles. The smallest absolute Gasteiger partial charge is 0.104 e. The molecule has 12 heavy (non-hydrogen) atoms. The number of hydrogen-bond donors (Lipinski definition) is 1. The Hall–Kier alpha value is -0.470. The van der Waals surface area contributed by atoms with Crippen molar-refractivity contribution in [1.82, 2.24) is 0 Å². The van der Waals surface area contributed by atoms with Gasteiger partial charge in [0.05, 0.1) is 0 Å². The summed E-state index contributed by atoms with van der Waals surface area (Å²) in [4.78, 5) is 1.14. The zero-order valence-electron chi connectivity index (χ0n) is 7.45. The van der Waals surface area contributed by atoms with Gasteiger partial charge in [-0.15, -0.1) is 0 Å². The molecule has 1 aromatic rings. The van der Waals surface area contributed by atoms with Crippen LogP contribution in [0.5, 0.6) is 0 Å². The van der Waals surface area contributed by atoms with Crippen LogP contribution in [0.1, 0.15) is 18.9 Å². The molecule has 1 rings (SSSR count). The van der Waals surface area contributed by atoms with Crippen LogP contribution >= 0.6 is 11.8 Å². The first-order valence-corrected chi connectivity index (χ1v) is 5.01. The predicted molar refractivity (Wildman–Crippen MR) is 53.3 cm³/mol. The first kappa shape index (κ1) is 9.62. The van der Waals surface area contributed by atoms with E-state index >= 15 is 0 Å². The van der Waals surface area contributed by atoms with Crippen molar-refractivity contribution in [3.8, 4) is 0 Å². The van der Waals surface area contributed by atoms with Gasteiger partial charge in [0.2, 0.25) is 0 Å². The second-order valence-corrected chi connectivity index (χ2v) is 4.05. The molecule has 66 valence electrons. The molecule has 0 fully saturated rings. The maximum absolute atomic E-state index is 9.37. The van der Waals surface area contributed by atoms with Crippen molar-refractivity contribution < 1.29 is 5.11 Å². The predicted octanol–water partition coefficient (Wildman–Crippen LogP) is 2.82. The van der Waals surface area contributed by atoms with Gasteiger partial charge in [0.25, 0.3) is 0 Å². The van der Waals surface area contributed by atoms with Gasteiger partial charge in [0, 0.05) is 4.90 Å². The topological polar surface area (TPSA) is 20.2 Å². The molecule has 1 atom stereocenters. The van der Waals surface area contributed by atoms with E-state index in [9.17, 15) is 5.11 Å². The monoisotopic (exact) mass is 182 g/mol. The highest BCUT2D eigenvalue weighted by Crippen LogP contribution is 2.23. The second-order valence-electron chi connectivity index (χ2n) is 2.80. The van der Waals surface area contributed by atoms with E-state index in [0.717, 1.165) is 11.3 Å². The minimum atomic E-state index is -0.271. The van der Waals surface area contributed by atoms with Crippen LogP contribution in [0.15, 0.2) is 29.2 Å². The fourth-order valence-corrected chi connectivity index (χ4v) is 1.82. The van der Waals surface area contributed by atoms with E-state index in [4.69, 9.17) is 0 Å². The first-order chi connectivity index (χ1) is 5.72. The second kappa shape index (κ2) is 4.53. The van der Waals surface area contributed by atoms with Gasteiger partial charge in [-0.1, -0.05) is 36.4 Å². The van der Waals surface area contributed by atoms with Gasteiger partial charge in [0.1, 0.15) is 5.44 Å². The molecule has 1 N–H and O–H groups in total. The van der Waals surface area contributed by atoms with Crippen molar-refractivity contribution in [2.45, 2.75) is 30.6 Å². The number of hydrogen-bond acceptors (Lipinski definition) is 2. The summed E-state index contributed by atoms with van der Waals surface area (Å²) < 4.78 is 0. The van der Waals surface area contributed by atoms with Crippen LogP contribution in [0.25, 0.3) is 0 Å². The lowest BCUT2D eigenvalue weighted by Crippen LogP contribution is -1.96. The number of thioether (sulfide) groups is 1. The Bertz CT molecular complexity index is 247. The van der Waals surface area contributed by atoms with Crippen LogP contribution in [0.3, 0.4) is 0 Å². The van der Waals surface area contributed by atoms with Crippen LogP contribution in [0.4, 0.5) is 0 Å². The van der Waals surface area contributed by atoms with E-state index in [-0.39, 0.29) is 5.44 Å². The van der Waals surface area contributed by atoms with Crippen LogP contribution in [-0.4, -0.2) is 10.5 Å². The van der Waals surface area contributed by atoms with Crippen molar-refractivity contribution in [2.75, 3.05) is 0 Å². The molecule has 0 aromatic heterocycles. The van der Waals surface area contributed by atoms with E-state index in [0.29, 0.717) is 0 Å². The molecule has 0 saturated carbocycles. The first-order valence-electron chi connectivity index (χ1n) is 4.13. The highest BCUT2D eigenvalue weighted by molar-refractivity contribution is 7.99. The summed E-state index contributed by atoms with van der Waals surface area (Å²) in [5, 5.41) is 9.37. The maximum Gasteiger partial charge on any atom is 0.104 e. The summed E-state index contributed by atoms with van der Waals surface area (Å²) in [6.07, 6.45) is 0.790. The van der Waals surface area contributed by atoms with Gasteiger partial charge in [-0.05, 0) is 25.5 Å². The third kappa shape index (κ3) is 2.88. The maximum atomic E-state index is 9.37. The van der Waals surface area contributed by atoms with Gasteiger partial charge < -0.3 is 5.11 Å². The minimum Gasteiger partial charge on any atom is -0.382 e. The molecule has 0 aliphatic rings. The van der Waals surface area contributed by atoms with Gasteiger partial charge >= 0.3 is 0 Å². The lowest BCUT2D eigenvalue weighted by atomic mass is 10.2. The molecular weight excluding hydrogens is 168 g/mol. The van der Waals surface area contributed by atoms with Gasteiger partial charge in [0.15, 0.2) is 0 Å². The van der Waals surface area contributed by atoms with Crippen molar-refractivity contribution in [1.29, 1.82) is 0 Å². The standard InChI is InChI=1S/C10H14OS/c1-3-10(11)12-9-6-4-5-8(2)7-9/h4-7,10-11H,3H2,1-2H3/t10-/m1/s1. The van der Waals surface area contributed by atoms with Crippen molar-refractivity contribution in [2.24, 2.45) is 0 Å². The van der Waals surface area contributed by atoms with Crippen molar-refractivity contribution in [3.63, 3.8) is 0 Å². The fraction of sp³-hybridized carbons (Fsp3) is 0.400. The lowest BCUT2D eigenvalue weighted by molar-refractivity contribution is 0.259. The molecule has 0 radical (unpaired) electrons. The van der Waals surface area contributed by atoms with Gasteiger partial charge in [-0.2, -0.15) is 0 Å². The van der Waals surface area contributed by atoms with Crippen molar-refractivity contribution >= 4 is 11.8 Å². The summed E-state index contributed by atoms with van der Waals surface area (Å²) >= 11 is 1.51. The molecule has 0 heterocycles. The Balaban J connectivity index is 2.63. The van der Waals surface area contributed by atoms with Crippen LogP contribution < -0.4 is 0 Å². The highest BCUT2D eigenvalue weighted by atomic mass is 32.2. The van der Waals surface area contributed by atoms with E-state index in [1.807, 2.05) is 19.1 Å². The average Bonchev–Trinajstić information content (AvgIpc) is 2.04. The summed E-state index contributed by atoms with van der Waals surface area (Å²) in [6, 6.07) is 8.18. The molecule has 0 unspecified atom stereocenters. The largest absolute Gasteiger partial charge is 0.382 e. The van der Waals surface area contributed by atoms with E-state index in [2.05, 4.69) is 19.1 Å². The van der Waals surface area contributed by atoms with E-state index < -0.39 is 0 Å². The molecular formula is C10H14OS. The Morgan fingerprint density at radius 3 is 2.83 bits per heavy atom. The summed E-state index contributed by atoms with van der Waals surface area (Å²) in [6.45, 7) is 4.04. The van der Waals surface area contributed by atoms with Gasteiger partial charge in [-0.25, -0.2) is 0 Å². The van der Waals surface area contributed by atoms with Gasteiger partial charge in [-0.3, -0.25) is 0 Å². The number of aliphatic hydroxyl groups is 1. The molecule has 1 nitrogen and oxygen atoms in total. The SMILES string of the molecule is CC[C@H](O)Sc1cccc(C)c1. The molecule has 0 saturated heterocycles. The Morgan fingerprint density at radius 2 is 2.25 bits per heavy atom. The summed E-state index contributed by atoms with van der Waals surface area (Å²) in [7, 11) is 0. The Kier molecular flexibility index (Phi) is 3.63. The summed E-state index contributed by atoms with van der Waals surface area (Å²) in [5.41, 5.74) is 0.968. The van der Waals surface area contributed by atoms with E-state index in [1.54, 1.807) is 0 Å². The van der Waals surface area contributed by atoms with Crippen LogP contribution in [0.2, 0.25) is 0 Å². The zero-order chi connectivity index (χ0) is 8.97. The van der Waals surface area contributed by atoms with Crippen LogP contribution in [0, 0.1) is 6.92 Å². The highest BCUT2D eigenvalue weighted by Gasteiger charge is 2.02. The molecule has 0 bridgehead atoms. The third-order valence-electron chi connectivity index (χ3n) is 1.61. The number of aliphatic hydroxyl groups excluding tert-OH is 1. The minimum absolute atomic E-state index is 0.271.